The summed E-state index contributed by atoms with van der Waals surface area (Å²) in [5.41, 5.74) is 1.28. The van der Waals surface area contributed by atoms with Gasteiger partial charge in [0.1, 0.15) is 0 Å². The van der Waals surface area contributed by atoms with Gasteiger partial charge in [0, 0.05) is 7.05 Å². The highest BCUT2D eigenvalue weighted by molar-refractivity contribution is 5.80. The van der Waals surface area contributed by atoms with Gasteiger partial charge in [0.25, 0.3) is 0 Å². The summed E-state index contributed by atoms with van der Waals surface area (Å²) in [6.45, 7) is 1.86. The number of esters is 1. The minimum atomic E-state index is -1.36. The number of aliphatic hydroxyl groups excluding tert-OH is 1. The summed E-state index contributed by atoms with van der Waals surface area (Å²) in [4.78, 5) is 22.7. The smallest absolute Gasteiger partial charge is 0.419 e. The number of hydrogen-bond donors (Lipinski definition) is 1. The first-order valence-electron chi connectivity index (χ1n) is 5.48. The zero-order valence-electron chi connectivity index (χ0n) is 10.0. The molecular weight excluding hydrogens is 238 g/mol. The van der Waals surface area contributed by atoms with Gasteiger partial charge in [0.15, 0.2) is 11.7 Å². The van der Waals surface area contributed by atoms with Gasteiger partial charge >= 0.3 is 11.7 Å². The van der Waals surface area contributed by atoms with Crippen LogP contribution in [0, 0.1) is 0 Å². The molecule has 2 rings (SSSR count). The van der Waals surface area contributed by atoms with E-state index in [4.69, 9.17) is 9.15 Å². The average molecular weight is 251 g/mol. The number of hydrogen-bond acceptors (Lipinski definition) is 5. The Balaban J connectivity index is 2.43. The van der Waals surface area contributed by atoms with Gasteiger partial charge in [-0.15, -0.1) is 0 Å². The molecule has 0 aliphatic rings. The van der Waals surface area contributed by atoms with Crippen molar-refractivity contribution in [1.29, 1.82) is 0 Å². The first-order valence-corrected chi connectivity index (χ1v) is 5.48. The molecule has 1 N–H and O–H groups in total. The van der Waals surface area contributed by atoms with E-state index in [1.807, 2.05) is 0 Å². The van der Waals surface area contributed by atoms with Gasteiger partial charge in [-0.3, -0.25) is 4.57 Å². The van der Waals surface area contributed by atoms with E-state index in [0.717, 1.165) is 0 Å². The molecule has 1 unspecified atom stereocenters. The number of ether oxygens (including phenoxy) is 1. The van der Waals surface area contributed by atoms with Gasteiger partial charge in [0.05, 0.1) is 12.1 Å². The maximum atomic E-state index is 11.4. The standard InChI is InChI=1S/C12H13NO5/c1-3-17-11(15)10(14)7-4-5-9-8(6-7)13(2)12(16)18-9/h4-6,10,14H,3H2,1-2H3. The van der Waals surface area contributed by atoms with Gasteiger partial charge < -0.3 is 14.3 Å². The van der Waals surface area contributed by atoms with Crippen LogP contribution < -0.4 is 5.76 Å². The van der Waals surface area contributed by atoms with Crippen LogP contribution in [0.3, 0.4) is 0 Å². The molecule has 0 saturated heterocycles. The number of aromatic nitrogens is 1. The molecule has 2 aromatic rings. The zero-order valence-corrected chi connectivity index (χ0v) is 10.0. The number of aliphatic hydroxyl groups is 1. The van der Waals surface area contributed by atoms with Crippen LogP contribution in [0.4, 0.5) is 0 Å². The number of aryl methyl sites for hydroxylation is 1. The van der Waals surface area contributed by atoms with Crippen LogP contribution in [0.1, 0.15) is 18.6 Å². The van der Waals surface area contributed by atoms with Crippen molar-refractivity contribution >= 4 is 17.1 Å². The summed E-state index contributed by atoms with van der Waals surface area (Å²) in [6, 6.07) is 4.59. The van der Waals surface area contributed by atoms with Crippen molar-refractivity contribution in [2.75, 3.05) is 6.61 Å². The highest BCUT2D eigenvalue weighted by Crippen LogP contribution is 2.20. The fourth-order valence-corrected chi connectivity index (χ4v) is 1.67. The monoisotopic (exact) mass is 251 g/mol. The third-order valence-corrected chi connectivity index (χ3v) is 2.64. The Morgan fingerprint density at radius 1 is 1.56 bits per heavy atom. The normalized spacial score (nSPS) is 12.6. The summed E-state index contributed by atoms with van der Waals surface area (Å²) in [7, 11) is 1.55. The lowest BCUT2D eigenvalue weighted by atomic mass is 10.1. The molecule has 18 heavy (non-hydrogen) atoms. The maximum Gasteiger partial charge on any atom is 0.419 e. The van der Waals surface area contributed by atoms with Crippen LogP contribution in [0.15, 0.2) is 27.4 Å². The molecule has 0 saturated carbocycles. The van der Waals surface area contributed by atoms with Crippen molar-refractivity contribution in [3.63, 3.8) is 0 Å². The molecule has 0 radical (unpaired) electrons. The van der Waals surface area contributed by atoms with E-state index in [1.165, 1.54) is 22.8 Å². The molecule has 0 aliphatic heterocycles. The Morgan fingerprint density at radius 3 is 2.94 bits per heavy atom. The zero-order chi connectivity index (χ0) is 13.3. The fourth-order valence-electron chi connectivity index (χ4n) is 1.67. The van der Waals surface area contributed by atoms with Gasteiger partial charge in [0.2, 0.25) is 0 Å². The molecular formula is C12H13NO5. The molecule has 6 nitrogen and oxygen atoms in total. The van der Waals surface area contributed by atoms with Crippen molar-refractivity contribution in [3.05, 3.63) is 34.3 Å². The van der Waals surface area contributed by atoms with E-state index in [1.54, 1.807) is 14.0 Å². The first-order chi connectivity index (χ1) is 8.54. The topological polar surface area (TPSA) is 81.7 Å². The van der Waals surface area contributed by atoms with Crippen LogP contribution in [0.2, 0.25) is 0 Å². The Bertz CT molecular complexity index is 639. The number of benzene rings is 1. The van der Waals surface area contributed by atoms with Gasteiger partial charge in [-0.2, -0.15) is 0 Å². The van der Waals surface area contributed by atoms with Gasteiger partial charge in [-0.05, 0) is 24.6 Å². The molecule has 0 bridgehead atoms. The van der Waals surface area contributed by atoms with Crippen LogP contribution in [-0.4, -0.2) is 22.2 Å². The second-order valence-corrected chi connectivity index (χ2v) is 3.81. The minimum Gasteiger partial charge on any atom is -0.464 e. The fraction of sp³-hybridized carbons (Fsp3) is 0.333. The Hall–Kier alpha value is -2.08. The predicted octanol–water partition coefficient (Wildman–Crippen LogP) is 0.728. The Kier molecular flexibility index (Phi) is 3.20. The molecule has 0 amide bonds. The largest absolute Gasteiger partial charge is 0.464 e. The van der Waals surface area contributed by atoms with Gasteiger partial charge in [-0.1, -0.05) is 6.07 Å². The van der Waals surface area contributed by atoms with Crippen LogP contribution in [0.5, 0.6) is 0 Å². The summed E-state index contributed by atoms with van der Waals surface area (Å²) in [6.07, 6.45) is -1.36. The number of fused-ring (bicyclic) bond motifs is 1. The van der Waals surface area contributed by atoms with E-state index in [2.05, 4.69) is 0 Å². The van der Waals surface area contributed by atoms with Crippen LogP contribution >= 0.6 is 0 Å². The third-order valence-electron chi connectivity index (χ3n) is 2.64. The van der Waals surface area contributed by atoms with E-state index in [-0.39, 0.29) is 6.61 Å². The summed E-state index contributed by atoms with van der Waals surface area (Å²) < 4.78 is 11.0. The number of carbonyl (C=O) groups is 1. The van der Waals surface area contributed by atoms with E-state index < -0.39 is 17.8 Å². The number of oxazole rings is 1. The SMILES string of the molecule is CCOC(=O)C(O)c1ccc2oc(=O)n(C)c2c1. The lowest BCUT2D eigenvalue weighted by molar-refractivity contribution is -0.153. The van der Waals surface area contributed by atoms with Crippen molar-refractivity contribution < 1.29 is 19.1 Å². The predicted molar refractivity (Wildman–Crippen MR) is 63.0 cm³/mol. The van der Waals surface area contributed by atoms with E-state index >= 15 is 0 Å². The Morgan fingerprint density at radius 2 is 2.28 bits per heavy atom. The molecule has 96 valence electrons. The molecule has 1 aromatic heterocycles. The molecule has 1 heterocycles. The lowest BCUT2D eigenvalue weighted by Gasteiger charge is -2.09. The van der Waals surface area contributed by atoms with Gasteiger partial charge in [-0.25, -0.2) is 9.59 Å². The number of carbonyl (C=O) groups excluding carboxylic acids is 1. The molecule has 0 spiro atoms. The van der Waals surface area contributed by atoms with Crippen molar-refractivity contribution in [3.8, 4) is 0 Å². The highest BCUT2D eigenvalue weighted by atomic mass is 16.5. The quantitative estimate of drug-likeness (QED) is 0.813. The summed E-state index contributed by atoms with van der Waals surface area (Å²) in [5.74, 6) is -1.21. The molecule has 6 heteroatoms. The number of rotatable bonds is 3. The Labute approximate surface area is 102 Å². The molecule has 0 aliphatic carbocycles. The van der Waals surface area contributed by atoms with Crippen molar-refractivity contribution in [1.82, 2.24) is 4.57 Å². The van der Waals surface area contributed by atoms with Crippen molar-refractivity contribution in [2.24, 2.45) is 7.05 Å². The lowest BCUT2D eigenvalue weighted by Crippen LogP contribution is -2.15. The van der Waals surface area contributed by atoms with Crippen molar-refractivity contribution in [2.45, 2.75) is 13.0 Å². The molecule has 1 aromatic carbocycles. The van der Waals surface area contributed by atoms with Crippen LogP contribution in [-0.2, 0) is 16.6 Å². The second kappa shape index (κ2) is 4.66. The second-order valence-electron chi connectivity index (χ2n) is 3.81. The molecule has 1 atom stereocenters. The summed E-state index contributed by atoms with van der Waals surface area (Å²) >= 11 is 0. The maximum absolute atomic E-state index is 11.4. The minimum absolute atomic E-state index is 0.197. The summed E-state index contributed by atoms with van der Waals surface area (Å²) in [5, 5.41) is 9.78. The average Bonchev–Trinajstić information content (AvgIpc) is 2.64. The number of nitrogens with zero attached hydrogens (tertiary/aromatic N) is 1. The van der Waals surface area contributed by atoms with E-state index in [0.29, 0.717) is 16.7 Å². The highest BCUT2D eigenvalue weighted by Gasteiger charge is 2.19. The van der Waals surface area contributed by atoms with Crippen LogP contribution in [0.25, 0.3) is 11.1 Å². The first kappa shape index (κ1) is 12.4. The third kappa shape index (κ3) is 2.02. The molecule has 0 fully saturated rings. The van der Waals surface area contributed by atoms with E-state index in [9.17, 15) is 14.7 Å².